The third kappa shape index (κ3) is 5.52. The lowest BCUT2D eigenvalue weighted by Crippen LogP contribution is -2.41. The summed E-state index contributed by atoms with van der Waals surface area (Å²) in [6.07, 6.45) is -0.159. The summed E-state index contributed by atoms with van der Waals surface area (Å²) >= 11 is 0. The summed E-state index contributed by atoms with van der Waals surface area (Å²) in [6, 6.07) is 5.16. The zero-order valence-electron chi connectivity index (χ0n) is 11.7. The van der Waals surface area contributed by atoms with Crippen LogP contribution in [-0.2, 0) is 9.59 Å². The molecule has 1 unspecified atom stereocenters. The summed E-state index contributed by atoms with van der Waals surface area (Å²) in [5, 5.41) is 11.4. The van der Waals surface area contributed by atoms with E-state index in [0.29, 0.717) is 17.9 Å². The Bertz CT molecular complexity index is 513. The first-order valence-corrected chi connectivity index (χ1v) is 6.49. The fourth-order valence-corrected chi connectivity index (χ4v) is 1.65. The number of rotatable bonds is 8. The van der Waals surface area contributed by atoms with Crippen LogP contribution in [0, 0.1) is 0 Å². The highest BCUT2D eigenvalue weighted by Crippen LogP contribution is 2.12. The van der Waals surface area contributed by atoms with Gasteiger partial charge >= 0.3 is 5.97 Å². The highest BCUT2D eigenvalue weighted by atomic mass is 16.5. The molecule has 1 aromatic rings. The number of nitrogens with two attached hydrogens (primary N) is 1. The Kier molecular flexibility index (Phi) is 6.19. The van der Waals surface area contributed by atoms with Gasteiger partial charge in [0.15, 0.2) is 0 Å². The van der Waals surface area contributed by atoms with E-state index in [1.807, 2.05) is 6.92 Å². The maximum absolute atomic E-state index is 11.9. The van der Waals surface area contributed by atoms with E-state index in [0.717, 1.165) is 0 Å². The number of aliphatic carboxylic acids is 1. The predicted molar refractivity (Wildman–Crippen MR) is 74.9 cm³/mol. The van der Waals surface area contributed by atoms with Gasteiger partial charge < -0.3 is 20.9 Å². The lowest BCUT2D eigenvalue weighted by atomic mass is 10.1. The smallest absolute Gasteiger partial charge is 0.326 e. The molecule has 0 aromatic heterocycles. The van der Waals surface area contributed by atoms with E-state index in [2.05, 4.69) is 5.32 Å². The van der Waals surface area contributed by atoms with Gasteiger partial charge in [-0.25, -0.2) is 4.79 Å². The van der Waals surface area contributed by atoms with Gasteiger partial charge in [0.2, 0.25) is 5.91 Å². The SMILES string of the molecule is CCOc1ccc(C(=O)NC(CCC(N)=O)C(=O)O)cc1. The van der Waals surface area contributed by atoms with Gasteiger partial charge in [-0.2, -0.15) is 0 Å². The number of ether oxygens (including phenoxy) is 1. The molecule has 21 heavy (non-hydrogen) atoms. The number of carbonyl (C=O) groups excluding carboxylic acids is 2. The zero-order chi connectivity index (χ0) is 15.8. The maximum atomic E-state index is 11.9. The molecule has 0 spiro atoms. The number of carboxylic acids is 1. The largest absolute Gasteiger partial charge is 0.494 e. The molecule has 0 saturated heterocycles. The second-order valence-electron chi connectivity index (χ2n) is 4.33. The molecule has 0 radical (unpaired) electrons. The Balaban J connectivity index is 2.67. The van der Waals surface area contributed by atoms with Crippen molar-refractivity contribution >= 4 is 17.8 Å². The summed E-state index contributed by atoms with van der Waals surface area (Å²) in [6.45, 7) is 2.36. The lowest BCUT2D eigenvalue weighted by molar-refractivity contribution is -0.139. The number of amides is 2. The molecule has 0 heterocycles. The van der Waals surface area contributed by atoms with Crippen LogP contribution in [-0.4, -0.2) is 35.5 Å². The molecular formula is C14H18N2O5. The lowest BCUT2D eigenvalue weighted by Gasteiger charge is -2.14. The minimum atomic E-state index is -1.21. The van der Waals surface area contributed by atoms with E-state index in [4.69, 9.17) is 15.6 Å². The molecule has 0 saturated carbocycles. The van der Waals surface area contributed by atoms with Gasteiger partial charge in [0.25, 0.3) is 5.91 Å². The number of hydrogen-bond donors (Lipinski definition) is 3. The highest BCUT2D eigenvalue weighted by Gasteiger charge is 2.21. The van der Waals surface area contributed by atoms with Crippen molar-refractivity contribution < 1.29 is 24.2 Å². The van der Waals surface area contributed by atoms with Crippen molar-refractivity contribution in [1.82, 2.24) is 5.32 Å². The van der Waals surface area contributed by atoms with Crippen molar-refractivity contribution in [2.75, 3.05) is 6.61 Å². The number of hydrogen-bond acceptors (Lipinski definition) is 4. The Morgan fingerprint density at radius 1 is 1.29 bits per heavy atom. The minimum absolute atomic E-state index is 0.0482. The van der Waals surface area contributed by atoms with E-state index in [-0.39, 0.29) is 12.8 Å². The van der Waals surface area contributed by atoms with E-state index in [9.17, 15) is 14.4 Å². The summed E-state index contributed by atoms with van der Waals surface area (Å²) in [5.41, 5.74) is 5.28. The van der Waals surface area contributed by atoms with Crippen molar-refractivity contribution in [1.29, 1.82) is 0 Å². The van der Waals surface area contributed by atoms with Gasteiger partial charge in [-0.3, -0.25) is 9.59 Å². The number of primary amides is 1. The van der Waals surface area contributed by atoms with Gasteiger partial charge in [-0.15, -0.1) is 0 Å². The van der Waals surface area contributed by atoms with Crippen LogP contribution < -0.4 is 15.8 Å². The summed E-state index contributed by atoms with van der Waals surface area (Å²) < 4.78 is 5.25. The molecule has 114 valence electrons. The van der Waals surface area contributed by atoms with Crippen molar-refractivity contribution in [3.05, 3.63) is 29.8 Å². The van der Waals surface area contributed by atoms with Crippen molar-refractivity contribution in [2.24, 2.45) is 5.73 Å². The van der Waals surface area contributed by atoms with E-state index >= 15 is 0 Å². The van der Waals surface area contributed by atoms with Crippen molar-refractivity contribution in [3.63, 3.8) is 0 Å². The Morgan fingerprint density at radius 3 is 2.38 bits per heavy atom. The van der Waals surface area contributed by atoms with E-state index in [1.54, 1.807) is 12.1 Å². The maximum Gasteiger partial charge on any atom is 0.326 e. The van der Waals surface area contributed by atoms with Gasteiger partial charge in [-0.1, -0.05) is 0 Å². The normalized spacial score (nSPS) is 11.5. The molecule has 7 nitrogen and oxygen atoms in total. The Labute approximate surface area is 122 Å². The molecule has 4 N–H and O–H groups in total. The molecule has 1 aromatic carbocycles. The number of carboxylic acid groups (broad SMARTS) is 1. The Morgan fingerprint density at radius 2 is 1.90 bits per heavy atom. The summed E-state index contributed by atoms with van der Waals surface area (Å²) in [5.74, 6) is -1.74. The molecule has 7 heteroatoms. The number of carbonyl (C=O) groups is 3. The molecule has 0 aliphatic heterocycles. The van der Waals surface area contributed by atoms with Crippen LogP contribution >= 0.6 is 0 Å². The summed E-state index contributed by atoms with van der Waals surface area (Å²) in [4.78, 5) is 33.7. The molecule has 2 amide bonds. The topological polar surface area (TPSA) is 119 Å². The average Bonchev–Trinajstić information content (AvgIpc) is 2.43. The monoisotopic (exact) mass is 294 g/mol. The molecule has 0 aliphatic rings. The van der Waals surface area contributed by atoms with Crippen LogP contribution in [0.5, 0.6) is 5.75 Å². The fourth-order valence-electron chi connectivity index (χ4n) is 1.65. The van der Waals surface area contributed by atoms with Gasteiger partial charge in [0.1, 0.15) is 11.8 Å². The molecule has 0 bridgehead atoms. The van der Waals surface area contributed by atoms with Crippen LogP contribution in [0.4, 0.5) is 0 Å². The van der Waals surface area contributed by atoms with E-state index in [1.165, 1.54) is 12.1 Å². The first kappa shape index (κ1) is 16.5. The van der Waals surface area contributed by atoms with E-state index < -0.39 is 23.8 Å². The third-order valence-electron chi connectivity index (χ3n) is 2.71. The fraction of sp³-hybridized carbons (Fsp3) is 0.357. The summed E-state index contributed by atoms with van der Waals surface area (Å²) in [7, 11) is 0. The molecule has 0 fully saturated rings. The zero-order valence-corrected chi connectivity index (χ0v) is 11.7. The molecule has 1 atom stereocenters. The van der Waals surface area contributed by atoms with Crippen LogP contribution in [0.2, 0.25) is 0 Å². The predicted octanol–water partition coefficient (Wildman–Crippen LogP) is 0.534. The number of benzene rings is 1. The number of nitrogens with one attached hydrogen (secondary N) is 1. The molecule has 1 rings (SSSR count). The van der Waals surface area contributed by atoms with Crippen LogP contribution in [0.3, 0.4) is 0 Å². The van der Waals surface area contributed by atoms with Gasteiger partial charge in [0, 0.05) is 12.0 Å². The first-order chi connectivity index (χ1) is 9.93. The van der Waals surface area contributed by atoms with Crippen molar-refractivity contribution in [2.45, 2.75) is 25.8 Å². The quantitative estimate of drug-likeness (QED) is 0.646. The van der Waals surface area contributed by atoms with Crippen LogP contribution in [0.1, 0.15) is 30.1 Å². The second kappa shape index (κ2) is 7.88. The van der Waals surface area contributed by atoms with Gasteiger partial charge in [-0.05, 0) is 37.6 Å². The average molecular weight is 294 g/mol. The first-order valence-electron chi connectivity index (χ1n) is 6.49. The Hall–Kier alpha value is -2.57. The third-order valence-corrected chi connectivity index (χ3v) is 2.71. The molecule has 0 aliphatic carbocycles. The van der Waals surface area contributed by atoms with Crippen molar-refractivity contribution in [3.8, 4) is 5.75 Å². The molecular weight excluding hydrogens is 276 g/mol. The highest BCUT2D eigenvalue weighted by molar-refractivity contribution is 5.96. The second-order valence-corrected chi connectivity index (χ2v) is 4.33. The minimum Gasteiger partial charge on any atom is -0.494 e. The van der Waals surface area contributed by atoms with Crippen LogP contribution in [0.15, 0.2) is 24.3 Å². The van der Waals surface area contributed by atoms with Gasteiger partial charge in [0.05, 0.1) is 6.61 Å². The standard InChI is InChI=1S/C14H18N2O5/c1-2-21-10-5-3-9(4-6-10)13(18)16-11(14(19)20)7-8-12(15)17/h3-6,11H,2,7-8H2,1H3,(H2,15,17)(H,16,18)(H,19,20). The van der Waals surface area contributed by atoms with Crippen LogP contribution in [0.25, 0.3) is 0 Å².